The van der Waals surface area contributed by atoms with Gasteiger partial charge in [0.05, 0.1) is 11.3 Å². The third kappa shape index (κ3) is 3.66. The van der Waals surface area contributed by atoms with E-state index in [-0.39, 0.29) is 18.2 Å². The molecule has 0 radical (unpaired) electrons. The van der Waals surface area contributed by atoms with E-state index in [9.17, 15) is 9.59 Å². The van der Waals surface area contributed by atoms with Crippen molar-refractivity contribution in [3.05, 3.63) is 57.8 Å². The van der Waals surface area contributed by atoms with Gasteiger partial charge in [0.1, 0.15) is 0 Å². The summed E-state index contributed by atoms with van der Waals surface area (Å²) in [5, 5.41) is 1.81. The molecule has 2 N–H and O–H groups in total. The lowest BCUT2D eigenvalue weighted by atomic mass is 10.1. The molecule has 0 aliphatic rings. The molecule has 2 rings (SSSR count). The molecule has 1 aromatic heterocycles. The molecule has 1 aromatic carbocycles. The first-order chi connectivity index (χ1) is 9.16. The molecule has 98 valence electrons. The van der Waals surface area contributed by atoms with Crippen LogP contribution < -0.4 is 10.9 Å². The first kappa shape index (κ1) is 13.3. The molecule has 2 amide bonds. The normalized spacial score (nSPS) is 9.95. The van der Waals surface area contributed by atoms with Gasteiger partial charge < -0.3 is 0 Å². The maximum atomic E-state index is 11.7. The maximum Gasteiger partial charge on any atom is 0.279 e. The topological polar surface area (TPSA) is 58.2 Å². The van der Waals surface area contributed by atoms with Gasteiger partial charge in [-0.1, -0.05) is 30.3 Å². The van der Waals surface area contributed by atoms with Crippen LogP contribution >= 0.6 is 11.3 Å². The van der Waals surface area contributed by atoms with Crippen molar-refractivity contribution in [1.82, 2.24) is 10.9 Å². The molecule has 2 aromatic rings. The molecule has 19 heavy (non-hydrogen) atoms. The van der Waals surface area contributed by atoms with Crippen LogP contribution in [0.25, 0.3) is 0 Å². The molecule has 4 nitrogen and oxygen atoms in total. The molecule has 5 heteroatoms. The summed E-state index contributed by atoms with van der Waals surface area (Å²) in [6.07, 6.45) is 0.247. The number of thiophene rings is 1. The second-order valence-corrected chi connectivity index (χ2v) is 5.03. The Labute approximate surface area is 115 Å². The molecular formula is C14H14N2O2S. The van der Waals surface area contributed by atoms with Gasteiger partial charge in [-0.3, -0.25) is 20.4 Å². The van der Waals surface area contributed by atoms with Gasteiger partial charge in [0, 0.05) is 0 Å². The van der Waals surface area contributed by atoms with E-state index < -0.39 is 0 Å². The van der Waals surface area contributed by atoms with Crippen molar-refractivity contribution >= 4 is 23.2 Å². The molecule has 0 saturated heterocycles. The van der Waals surface area contributed by atoms with E-state index >= 15 is 0 Å². The minimum absolute atomic E-state index is 0.237. The van der Waals surface area contributed by atoms with Gasteiger partial charge in [0.15, 0.2) is 0 Å². The summed E-state index contributed by atoms with van der Waals surface area (Å²) >= 11 is 1.33. The maximum absolute atomic E-state index is 11.7. The van der Waals surface area contributed by atoms with E-state index in [1.165, 1.54) is 11.3 Å². The number of benzene rings is 1. The Morgan fingerprint density at radius 3 is 2.58 bits per heavy atom. The summed E-state index contributed by atoms with van der Waals surface area (Å²) in [5.41, 5.74) is 6.82. The van der Waals surface area contributed by atoms with Crippen molar-refractivity contribution in [2.45, 2.75) is 13.3 Å². The van der Waals surface area contributed by atoms with Crippen LogP contribution in [-0.4, -0.2) is 11.8 Å². The van der Waals surface area contributed by atoms with Crippen LogP contribution in [0.4, 0.5) is 0 Å². The first-order valence-electron chi connectivity index (χ1n) is 5.84. The standard InChI is InChI=1S/C14H14N2O2S/c1-10-5-2-3-6-11(10)9-13(17)15-16-14(18)12-7-4-8-19-12/h2-8H,9H2,1H3,(H,15,17)(H,16,18). The summed E-state index contributed by atoms with van der Waals surface area (Å²) < 4.78 is 0. The fourth-order valence-corrected chi connectivity index (χ4v) is 2.24. The Morgan fingerprint density at radius 1 is 1.11 bits per heavy atom. The molecule has 0 unspecified atom stereocenters. The van der Waals surface area contributed by atoms with Crippen molar-refractivity contribution < 1.29 is 9.59 Å². The Hall–Kier alpha value is -2.14. The fraction of sp³-hybridized carbons (Fsp3) is 0.143. The number of carbonyl (C=O) groups is 2. The highest BCUT2D eigenvalue weighted by atomic mass is 32.1. The average Bonchev–Trinajstić information content (AvgIpc) is 2.93. The van der Waals surface area contributed by atoms with Crippen LogP contribution in [0.3, 0.4) is 0 Å². The SMILES string of the molecule is Cc1ccccc1CC(=O)NNC(=O)c1cccs1. The van der Waals surface area contributed by atoms with E-state index in [2.05, 4.69) is 10.9 Å². The Bertz CT molecular complexity index is 579. The van der Waals surface area contributed by atoms with Crippen molar-refractivity contribution in [3.63, 3.8) is 0 Å². The second kappa shape index (κ2) is 6.15. The van der Waals surface area contributed by atoms with E-state index in [0.717, 1.165) is 11.1 Å². The van der Waals surface area contributed by atoms with Gasteiger partial charge in [-0.2, -0.15) is 0 Å². The van der Waals surface area contributed by atoms with Gasteiger partial charge >= 0.3 is 0 Å². The van der Waals surface area contributed by atoms with E-state index in [1.807, 2.05) is 36.6 Å². The summed E-state index contributed by atoms with van der Waals surface area (Å²) in [5.74, 6) is -0.535. The van der Waals surface area contributed by atoms with Crippen LogP contribution in [0.2, 0.25) is 0 Å². The molecule has 1 heterocycles. The molecule has 0 atom stereocenters. The van der Waals surface area contributed by atoms with Gasteiger partial charge in [0.25, 0.3) is 5.91 Å². The summed E-state index contributed by atoms with van der Waals surface area (Å²) in [7, 11) is 0. The van der Waals surface area contributed by atoms with Gasteiger partial charge in [-0.05, 0) is 29.5 Å². The Morgan fingerprint density at radius 2 is 1.89 bits per heavy atom. The molecule has 0 fully saturated rings. The van der Waals surface area contributed by atoms with Crippen LogP contribution in [0.5, 0.6) is 0 Å². The number of nitrogens with one attached hydrogen (secondary N) is 2. The fourth-order valence-electron chi connectivity index (χ4n) is 1.62. The van der Waals surface area contributed by atoms with Crippen LogP contribution in [-0.2, 0) is 11.2 Å². The third-order valence-electron chi connectivity index (χ3n) is 2.67. The number of rotatable bonds is 3. The number of hydrogen-bond acceptors (Lipinski definition) is 3. The highest BCUT2D eigenvalue weighted by Crippen LogP contribution is 2.08. The van der Waals surface area contributed by atoms with Gasteiger partial charge in [-0.25, -0.2) is 0 Å². The Balaban J connectivity index is 1.86. The highest BCUT2D eigenvalue weighted by Gasteiger charge is 2.09. The van der Waals surface area contributed by atoms with E-state index in [4.69, 9.17) is 0 Å². The van der Waals surface area contributed by atoms with E-state index in [1.54, 1.807) is 12.1 Å². The highest BCUT2D eigenvalue weighted by molar-refractivity contribution is 7.12. The lowest BCUT2D eigenvalue weighted by Crippen LogP contribution is -2.42. The van der Waals surface area contributed by atoms with Crippen molar-refractivity contribution in [2.24, 2.45) is 0 Å². The zero-order valence-electron chi connectivity index (χ0n) is 10.5. The first-order valence-corrected chi connectivity index (χ1v) is 6.72. The lowest BCUT2D eigenvalue weighted by molar-refractivity contribution is -0.121. The summed E-state index contributed by atoms with van der Waals surface area (Å²) in [6.45, 7) is 1.95. The minimum atomic E-state index is -0.298. The van der Waals surface area contributed by atoms with Gasteiger partial charge in [0.2, 0.25) is 5.91 Å². The number of hydrazine groups is 1. The van der Waals surface area contributed by atoms with Crippen molar-refractivity contribution in [1.29, 1.82) is 0 Å². The minimum Gasteiger partial charge on any atom is -0.273 e. The van der Waals surface area contributed by atoms with Crippen molar-refractivity contribution in [3.8, 4) is 0 Å². The average molecular weight is 274 g/mol. The smallest absolute Gasteiger partial charge is 0.273 e. The number of aryl methyl sites for hydroxylation is 1. The van der Waals surface area contributed by atoms with Crippen LogP contribution in [0, 0.1) is 6.92 Å². The number of hydrogen-bond donors (Lipinski definition) is 2. The molecule has 0 bridgehead atoms. The van der Waals surface area contributed by atoms with Crippen molar-refractivity contribution in [2.75, 3.05) is 0 Å². The number of carbonyl (C=O) groups excluding carboxylic acids is 2. The predicted molar refractivity (Wildman–Crippen MR) is 74.8 cm³/mol. The predicted octanol–water partition coefficient (Wildman–Crippen LogP) is 2.06. The zero-order valence-corrected chi connectivity index (χ0v) is 11.3. The molecule has 0 aliphatic heterocycles. The molecule has 0 saturated carbocycles. The third-order valence-corrected chi connectivity index (χ3v) is 3.54. The summed E-state index contributed by atoms with van der Waals surface area (Å²) in [4.78, 5) is 23.9. The molecule has 0 spiro atoms. The quantitative estimate of drug-likeness (QED) is 0.842. The number of amides is 2. The van der Waals surface area contributed by atoms with Gasteiger partial charge in [-0.15, -0.1) is 11.3 Å². The van der Waals surface area contributed by atoms with E-state index in [0.29, 0.717) is 4.88 Å². The monoisotopic (exact) mass is 274 g/mol. The molecular weight excluding hydrogens is 260 g/mol. The largest absolute Gasteiger partial charge is 0.279 e. The zero-order chi connectivity index (χ0) is 13.7. The Kier molecular flexibility index (Phi) is 4.30. The van der Waals surface area contributed by atoms with Crippen LogP contribution in [0.15, 0.2) is 41.8 Å². The van der Waals surface area contributed by atoms with Crippen LogP contribution in [0.1, 0.15) is 20.8 Å². The second-order valence-electron chi connectivity index (χ2n) is 4.08. The summed E-state index contributed by atoms with van der Waals surface area (Å²) in [6, 6.07) is 11.2. The molecule has 0 aliphatic carbocycles. The lowest BCUT2D eigenvalue weighted by Gasteiger charge is -2.07.